The van der Waals surface area contributed by atoms with Gasteiger partial charge in [0.05, 0.1) is 30.4 Å². The van der Waals surface area contributed by atoms with Crippen LogP contribution in [0.3, 0.4) is 0 Å². The minimum absolute atomic E-state index is 0.251. The number of benzene rings is 2. The quantitative estimate of drug-likeness (QED) is 0.517. The van der Waals surface area contributed by atoms with Crippen molar-refractivity contribution in [3.05, 3.63) is 66.1 Å². The van der Waals surface area contributed by atoms with E-state index in [0.29, 0.717) is 29.5 Å². The van der Waals surface area contributed by atoms with E-state index in [1.807, 2.05) is 48.5 Å². The Bertz CT molecular complexity index is 1030. The number of hydrogen-bond acceptors (Lipinski definition) is 4. The third-order valence-corrected chi connectivity index (χ3v) is 4.06. The first-order chi connectivity index (χ1) is 12.7. The number of nitrogens with one attached hydrogen (secondary N) is 3. The number of aromatic nitrogens is 4. The first-order valence-corrected chi connectivity index (χ1v) is 8.15. The fraction of sp³-hybridized carbons (Fsp3) is 0.105. The van der Waals surface area contributed by atoms with Crippen LogP contribution in [0.1, 0.15) is 16.3 Å². The van der Waals surface area contributed by atoms with Crippen molar-refractivity contribution in [2.75, 3.05) is 7.11 Å². The fourth-order valence-corrected chi connectivity index (χ4v) is 2.78. The van der Waals surface area contributed by atoms with Crippen LogP contribution >= 0.6 is 0 Å². The van der Waals surface area contributed by atoms with E-state index in [9.17, 15) is 4.79 Å². The first kappa shape index (κ1) is 15.9. The summed E-state index contributed by atoms with van der Waals surface area (Å²) < 4.78 is 5.34. The Hall–Kier alpha value is -3.61. The Kier molecular flexibility index (Phi) is 4.10. The highest BCUT2D eigenvalue weighted by atomic mass is 16.5. The number of nitrogens with zero attached hydrogens (tertiary/aromatic N) is 2. The van der Waals surface area contributed by atoms with Gasteiger partial charge >= 0.3 is 0 Å². The van der Waals surface area contributed by atoms with Gasteiger partial charge in [0.15, 0.2) is 0 Å². The Labute approximate surface area is 149 Å². The molecular formula is C19H17N5O2. The topological polar surface area (TPSA) is 95.7 Å². The summed E-state index contributed by atoms with van der Waals surface area (Å²) in [6, 6.07) is 17.0. The summed E-state index contributed by atoms with van der Waals surface area (Å²) >= 11 is 0. The number of rotatable bonds is 5. The molecule has 2 aromatic heterocycles. The Morgan fingerprint density at radius 1 is 1.15 bits per heavy atom. The molecule has 0 spiro atoms. The molecule has 0 saturated carbocycles. The van der Waals surface area contributed by atoms with Crippen molar-refractivity contribution in [1.82, 2.24) is 25.5 Å². The highest BCUT2D eigenvalue weighted by Gasteiger charge is 2.14. The van der Waals surface area contributed by atoms with Gasteiger partial charge in [-0.15, -0.1) is 0 Å². The van der Waals surface area contributed by atoms with E-state index >= 15 is 0 Å². The van der Waals surface area contributed by atoms with Crippen molar-refractivity contribution in [1.29, 1.82) is 0 Å². The van der Waals surface area contributed by atoms with E-state index in [1.54, 1.807) is 13.2 Å². The number of imidazole rings is 1. The number of aromatic amines is 2. The van der Waals surface area contributed by atoms with Gasteiger partial charge in [0, 0.05) is 5.56 Å². The maximum absolute atomic E-state index is 12.4. The van der Waals surface area contributed by atoms with Crippen molar-refractivity contribution >= 4 is 16.9 Å². The Morgan fingerprint density at radius 2 is 1.96 bits per heavy atom. The number of hydrogen-bond donors (Lipinski definition) is 3. The lowest BCUT2D eigenvalue weighted by Gasteiger charge is -2.04. The smallest absolute Gasteiger partial charge is 0.269 e. The number of amides is 1. The molecule has 26 heavy (non-hydrogen) atoms. The van der Waals surface area contributed by atoms with Gasteiger partial charge < -0.3 is 15.0 Å². The monoisotopic (exact) mass is 347 g/mol. The molecule has 0 atom stereocenters. The second-order valence-electron chi connectivity index (χ2n) is 5.75. The zero-order chi connectivity index (χ0) is 17.9. The second-order valence-corrected chi connectivity index (χ2v) is 5.75. The summed E-state index contributed by atoms with van der Waals surface area (Å²) in [4.78, 5) is 20.0. The highest BCUT2D eigenvalue weighted by molar-refractivity contribution is 5.93. The summed E-state index contributed by atoms with van der Waals surface area (Å²) in [7, 11) is 1.60. The molecule has 2 heterocycles. The molecule has 4 aromatic rings. The standard InChI is InChI=1S/C19H17N5O2/c1-26-17-9-5-2-6-12(17)15-10-16(24-23-15)19(25)20-11-18-21-13-7-3-4-8-14(13)22-18/h2-10H,11H2,1H3,(H,20,25)(H,21,22)(H,23,24). The maximum atomic E-state index is 12.4. The molecule has 0 bridgehead atoms. The molecule has 0 aliphatic carbocycles. The van der Waals surface area contributed by atoms with Crippen LogP contribution in [0, 0.1) is 0 Å². The van der Waals surface area contributed by atoms with Gasteiger partial charge in [-0.25, -0.2) is 4.98 Å². The normalized spacial score (nSPS) is 10.8. The summed E-state index contributed by atoms with van der Waals surface area (Å²) in [6.45, 7) is 0.302. The first-order valence-electron chi connectivity index (χ1n) is 8.15. The summed E-state index contributed by atoms with van der Waals surface area (Å²) in [5, 5.41) is 9.82. The molecule has 7 nitrogen and oxygen atoms in total. The lowest BCUT2D eigenvalue weighted by atomic mass is 10.1. The molecule has 0 saturated heterocycles. The van der Waals surface area contributed by atoms with Crippen molar-refractivity contribution in [2.24, 2.45) is 0 Å². The molecule has 0 radical (unpaired) electrons. The largest absolute Gasteiger partial charge is 0.496 e. The molecule has 4 rings (SSSR count). The predicted molar refractivity (Wildman–Crippen MR) is 97.8 cm³/mol. The third-order valence-electron chi connectivity index (χ3n) is 4.06. The molecule has 0 fully saturated rings. The van der Waals surface area contributed by atoms with Gasteiger partial charge in [-0.2, -0.15) is 5.10 Å². The zero-order valence-electron chi connectivity index (χ0n) is 14.1. The summed E-state index contributed by atoms with van der Waals surface area (Å²) in [5.74, 6) is 1.15. The molecular weight excluding hydrogens is 330 g/mol. The maximum Gasteiger partial charge on any atom is 0.269 e. The van der Waals surface area contributed by atoms with Gasteiger partial charge in [-0.05, 0) is 30.3 Å². The van der Waals surface area contributed by atoms with Gasteiger partial charge in [-0.1, -0.05) is 24.3 Å². The van der Waals surface area contributed by atoms with Crippen LogP contribution in [0.4, 0.5) is 0 Å². The lowest BCUT2D eigenvalue weighted by Crippen LogP contribution is -2.23. The van der Waals surface area contributed by atoms with E-state index in [2.05, 4.69) is 25.5 Å². The minimum atomic E-state index is -0.251. The average molecular weight is 347 g/mol. The number of ether oxygens (including phenoxy) is 1. The predicted octanol–water partition coefficient (Wildman–Crippen LogP) is 2.89. The van der Waals surface area contributed by atoms with Crippen LogP contribution in [0.15, 0.2) is 54.6 Å². The molecule has 7 heteroatoms. The fourth-order valence-electron chi connectivity index (χ4n) is 2.78. The number of methoxy groups -OCH3 is 1. The van der Waals surface area contributed by atoms with Crippen molar-refractivity contribution in [2.45, 2.75) is 6.54 Å². The van der Waals surface area contributed by atoms with Crippen molar-refractivity contribution < 1.29 is 9.53 Å². The van der Waals surface area contributed by atoms with Crippen LogP contribution < -0.4 is 10.1 Å². The second kappa shape index (κ2) is 6.72. The number of carbonyl (C=O) groups excluding carboxylic acids is 1. The third kappa shape index (κ3) is 3.02. The molecule has 1 amide bonds. The SMILES string of the molecule is COc1ccccc1-c1cc(C(=O)NCc2nc3ccccc3[nH]2)[nH]n1. The van der Waals surface area contributed by atoms with Crippen molar-refractivity contribution in [3.63, 3.8) is 0 Å². The molecule has 0 aliphatic heterocycles. The summed E-state index contributed by atoms with van der Waals surface area (Å²) in [5.41, 5.74) is 3.66. The highest BCUT2D eigenvalue weighted by Crippen LogP contribution is 2.28. The molecule has 3 N–H and O–H groups in total. The van der Waals surface area contributed by atoms with Crippen LogP contribution in [-0.4, -0.2) is 33.2 Å². The van der Waals surface area contributed by atoms with Crippen LogP contribution in [0.5, 0.6) is 5.75 Å². The van der Waals surface area contributed by atoms with E-state index in [1.165, 1.54) is 0 Å². The zero-order valence-corrected chi connectivity index (χ0v) is 14.1. The Morgan fingerprint density at radius 3 is 2.81 bits per heavy atom. The van der Waals surface area contributed by atoms with Crippen LogP contribution in [-0.2, 0) is 6.54 Å². The molecule has 0 aliphatic rings. The van der Waals surface area contributed by atoms with Gasteiger partial charge in [0.25, 0.3) is 5.91 Å². The molecule has 2 aromatic carbocycles. The van der Waals surface area contributed by atoms with Crippen LogP contribution in [0.25, 0.3) is 22.3 Å². The van der Waals surface area contributed by atoms with E-state index < -0.39 is 0 Å². The van der Waals surface area contributed by atoms with Gasteiger partial charge in [-0.3, -0.25) is 9.89 Å². The van der Waals surface area contributed by atoms with Crippen LogP contribution in [0.2, 0.25) is 0 Å². The van der Waals surface area contributed by atoms with E-state index in [-0.39, 0.29) is 5.91 Å². The number of carbonyl (C=O) groups is 1. The van der Waals surface area contributed by atoms with E-state index in [4.69, 9.17) is 4.74 Å². The average Bonchev–Trinajstić information content (AvgIpc) is 3.33. The Balaban J connectivity index is 1.48. The molecule has 130 valence electrons. The number of H-pyrrole nitrogens is 2. The lowest BCUT2D eigenvalue weighted by molar-refractivity contribution is 0.0945. The van der Waals surface area contributed by atoms with Gasteiger partial charge in [0.1, 0.15) is 17.3 Å². The summed E-state index contributed by atoms with van der Waals surface area (Å²) in [6.07, 6.45) is 0. The number of para-hydroxylation sites is 3. The van der Waals surface area contributed by atoms with E-state index in [0.717, 1.165) is 16.6 Å². The van der Waals surface area contributed by atoms with Crippen molar-refractivity contribution in [3.8, 4) is 17.0 Å². The molecule has 0 unspecified atom stereocenters. The number of fused-ring (bicyclic) bond motifs is 1. The minimum Gasteiger partial charge on any atom is -0.496 e. The van der Waals surface area contributed by atoms with Gasteiger partial charge in [0.2, 0.25) is 0 Å².